The lowest BCUT2D eigenvalue weighted by atomic mass is 10.1. The van der Waals surface area contributed by atoms with Gasteiger partial charge in [0.05, 0.1) is 6.61 Å². The van der Waals surface area contributed by atoms with Gasteiger partial charge in [0.2, 0.25) is 0 Å². The van der Waals surface area contributed by atoms with Crippen LogP contribution in [-0.2, 0) is 4.79 Å². The normalized spacial score (nSPS) is 11.0. The molecule has 152 valence electrons. The summed E-state index contributed by atoms with van der Waals surface area (Å²) in [6.07, 6.45) is 8.92. The SMILES string of the molecule is CCCCCCCCOc1ccc(/C=C(/C#N)C(=O)Nc2ccc(Cl)cc2)cc1. The van der Waals surface area contributed by atoms with Gasteiger partial charge < -0.3 is 10.1 Å². The summed E-state index contributed by atoms with van der Waals surface area (Å²) in [6, 6.07) is 16.1. The van der Waals surface area contributed by atoms with Gasteiger partial charge in [-0.2, -0.15) is 5.26 Å². The monoisotopic (exact) mass is 410 g/mol. The molecular weight excluding hydrogens is 384 g/mol. The van der Waals surface area contributed by atoms with E-state index in [9.17, 15) is 10.1 Å². The Labute approximate surface area is 178 Å². The molecule has 1 N–H and O–H groups in total. The fourth-order valence-electron chi connectivity index (χ4n) is 2.78. The summed E-state index contributed by atoms with van der Waals surface area (Å²) in [5.41, 5.74) is 1.37. The zero-order valence-corrected chi connectivity index (χ0v) is 17.5. The van der Waals surface area contributed by atoms with Crippen LogP contribution in [-0.4, -0.2) is 12.5 Å². The lowest BCUT2D eigenvalue weighted by Crippen LogP contribution is -2.13. The van der Waals surface area contributed by atoms with Gasteiger partial charge in [0, 0.05) is 10.7 Å². The van der Waals surface area contributed by atoms with Gasteiger partial charge in [-0.3, -0.25) is 4.79 Å². The van der Waals surface area contributed by atoms with Crippen LogP contribution in [0.2, 0.25) is 5.02 Å². The largest absolute Gasteiger partial charge is 0.494 e. The molecule has 0 bridgehead atoms. The number of hydrogen-bond acceptors (Lipinski definition) is 3. The Morgan fingerprint density at radius 2 is 1.69 bits per heavy atom. The highest BCUT2D eigenvalue weighted by Gasteiger charge is 2.09. The summed E-state index contributed by atoms with van der Waals surface area (Å²) in [5.74, 6) is 0.332. The van der Waals surface area contributed by atoms with E-state index in [1.165, 1.54) is 32.1 Å². The predicted molar refractivity (Wildman–Crippen MR) is 119 cm³/mol. The van der Waals surface area contributed by atoms with Gasteiger partial charge >= 0.3 is 0 Å². The summed E-state index contributed by atoms with van der Waals surface area (Å²) < 4.78 is 5.76. The third kappa shape index (κ3) is 8.41. The first-order valence-electron chi connectivity index (χ1n) is 10.0. The average molecular weight is 411 g/mol. The third-order valence-electron chi connectivity index (χ3n) is 4.42. The molecule has 5 heteroatoms. The maximum absolute atomic E-state index is 12.3. The minimum atomic E-state index is -0.460. The number of carbonyl (C=O) groups is 1. The standard InChI is InChI=1S/C24H27ClN2O2/c1-2-3-4-5-6-7-16-29-23-14-8-19(9-15-23)17-20(18-26)24(28)27-22-12-10-21(25)11-13-22/h8-15,17H,2-7,16H2,1H3,(H,27,28)/b20-17-. The van der Waals surface area contributed by atoms with Crippen molar-refractivity contribution in [2.75, 3.05) is 11.9 Å². The summed E-state index contributed by atoms with van der Waals surface area (Å²) in [5, 5.41) is 12.6. The molecule has 2 rings (SSSR count). The second-order valence-electron chi connectivity index (χ2n) is 6.82. The van der Waals surface area contributed by atoms with Crippen molar-refractivity contribution < 1.29 is 9.53 Å². The molecule has 0 spiro atoms. The molecule has 0 aliphatic carbocycles. The van der Waals surface area contributed by atoms with Crippen LogP contribution in [0.25, 0.3) is 6.08 Å². The van der Waals surface area contributed by atoms with Crippen molar-refractivity contribution in [1.29, 1.82) is 5.26 Å². The summed E-state index contributed by atoms with van der Waals surface area (Å²) in [7, 11) is 0. The van der Waals surface area contributed by atoms with Gasteiger partial charge in [-0.1, -0.05) is 62.8 Å². The second-order valence-corrected chi connectivity index (χ2v) is 7.25. The minimum Gasteiger partial charge on any atom is -0.494 e. The first-order chi connectivity index (χ1) is 14.1. The van der Waals surface area contributed by atoms with Crippen molar-refractivity contribution in [3.05, 3.63) is 64.7 Å². The van der Waals surface area contributed by atoms with Gasteiger partial charge in [-0.25, -0.2) is 0 Å². The molecule has 2 aromatic rings. The van der Waals surface area contributed by atoms with Gasteiger partial charge in [0.15, 0.2) is 0 Å². The van der Waals surface area contributed by atoms with Gasteiger partial charge in [-0.15, -0.1) is 0 Å². The maximum atomic E-state index is 12.3. The van der Waals surface area contributed by atoms with Gasteiger partial charge in [-0.05, 0) is 54.5 Å². The highest BCUT2D eigenvalue weighted by Crippen LogP contribution is 2.17. The Morgan fingerprint density at radius 1 is 1.03 bits per heavy atom. The van der Waals surface area contributed by atoms with E-state index in [2.05, 4.69) is 12.2 Å². The zero-order valence-electron chi connectivity index (χ0n) is 16.8. The molecule has 1 amide bonds. The first kappa shape index (κ1) is 22.5. The first-order valence-corrected chi connectivity index (χ1v) is 10.4. The fourth-order valence-corrected chi connectivity index (χ4v) is 2.91. The Balaban J connectivity index is 1.85. The van der Waals surface area contributed by atoms with Gasteiger partial charge in [0.25, 0.3) is 5.91 Å². The number of amides is 1. The predicted octanol–water partition coefficient (Wildman–Crippen LogP) is 6.62. The highest BCUT2D eigenvalue weighted by atomic mass is 35.5. The molecule has 0 unspecified atom stereocenters. The minimum absolute atomic E-state index is 0.0284. The van der Waals surface area contributed by atoms with Crippen LogP contribution in [0.5, 0.6) is 5.75 Å². The second kappa shape index (κ2) is 12.6. The van der Waals surface area contributed by atoms with Crippen molar-refractivity contribution in [3.63, 3.8) is 0 Å². The van der Waals surface area contributed by atoms with E-state index in [0.29, 0.717) is 17.3 Å². The van der Waals surface area contributed by atoms with E-state index in [1.54, 1.807) is 30.3 Å². The number of carbonyl (C=O) groups excluding carboxylic acids is 1. The van der Waals surface area contributed by atoms with E-state index in [1.807, 2.05) is 30.3 Å². The van der Waals surface area contributed by atoms with E-state index in [4.69, 9.17) is 16.3 Å². The van der Waals surface area contributed by atoms with Crippen LogP contribution in [0, 0.1) is 11.3 Å². The number of anilines is 1. The number of unbranched alkanes of at least 4 members (excludes halogenated alkanes) is 5. The Bertz CT molecular complexity index is 837. The number of ether oxygens (including phenoxy) is 1. The van der Waals surface area contributed by atoms with Crippen molar-refractivity contribution in [2.45, 2.75) is 45.4 Å². The molecule has 0 fully saturated rings. The number of halogens is 1. The van der Waals surface area contributed by atoms with Crippen LogP contribution in [0.15, 0.2) is 54.1 Å². The molecule has 0 atom stereocenters. The van der Waals surface area contributed by atoms with Crippen molar-refractivity contribution >= 4 is 29.3 Å². The number of nitrogens with one attached hydrogen (secondary N) is 1. The number of hydrogen-bond donors (Lipinski definition) is 1. The number of nitriles is 1. The molecule has 0 saturated carbocycles. The summed E-state index contributed by atoms with van der Waals surface area (Å²) in [6.45, 7) is 2.92. The fraction of sp³-hybridized carbons (Fsp3) is 0.333. The van der Waals surface area contributed by atoms with Gasteiger partial charge in [0.1, 0.15) is 17.4 Å². The van der Waals surface area contributed by atoms with Crippen LogP contribution in [0.3, 0.4) is 0 Å². The van der Waals surface area contributed by atoms with Crippen LogP contribution in [0.1, 0.15) is 51.0 Å². The number of rotatable bonds is 11. The molecule has 0 heterocycles. The molecule has 29 heavy (non-hydrogen) atoms. The van der Waals surface area contributed by atoms with Crippen molar-refractivity contribution in [1.82, 2.24) is 0 Å². The van der Waals surface area contributed by atoms with E-state index < -0.39 is 5.91 Å². The highest BCUT2D eigenvalue weighted by molar-refractivity contribution is 6.30. The molecule has 0 aliphatic rings. The molecule has 0 aliphatic heterocycles. The van der Waals surface area contributed by atoms with Crippen molar-refractivity contribution in [3.8, 4) is 11.8 Å². The van der Waals surface area contributed by atoms with Crippen LogP contribution >= 0.6 is 11.6 Å². The van der Waals surface area contributed by atoms with Crippen molar-refractivity contribution in [2.24, 2.45) is 0 Å². The Morgan fingerprint density at radius 3 is 2.34 bits per heavy atom. The lowest BCUT2D eigenvalue weighted by molar-refractivity contribution is -0.112. The average Bonchev–Trinajstić information content (AvgIpc) is 2.74. The number of benzene rings is 2. The molecule has 2 aromatic carbocycles. The van der Waals surface area contributed by atoms with E-state index in [-0.39, 0.29) is 5.57 Å². The quantitative estimate of drug-likeness (QED) is 0.257. The molecule has 0 radical (unpaired) electrons. The molecule has 0 aromatic heterocycles. The topological polar surface area (TPSA) is 62.1 Å². The lowest BCUT2D eigenvalue weighted by Gasteiger charge is -2.07. The van der Waals surface area contributed by atoms with E-state index >= 15 is 0 Å². The molecular formula is C24H27ClN2O2. The smallest absolute Gasteiger partial charge is 0.266 e. The van der Waals surface area contributed by atoms with Crippen LogP contribution < -0.4 is 10.1 Å². The molecule has 4 nitrogen and oxygen atoms in total. The molecule has 0 saturated heterocycles. The Hall–Kier alpha value is -2.77. The van der Waals surface area contributed by atoms with Crippen LogP contribution in [0.4, 0.5) is 5.69 Å². The number of nitrogens with zero attached hydrogens (tertiary/aromatic N) is 1. The Kier molecular flexibility index (Phi) is 9.82. The maximum Gasteiger partial charge on any atom is 0.266 e. The summed E-state index contributed by atoms with van der Waals surface area (Å²) in [4.78, 5) is 12.3. The van der Waals surface area contributed by atoms with E-state index in [0.717, 1.165) is 17.7 Å². The third-order valence-corrected chi connectivity index (χ3v) is 4.68. The zero-order chi connectivity index (χ0) is 20.9. The summed E-state index contributed by atoms with van der Waals surface area (Å²) >= 11 is 5.84.